The Kier molecular flexibility index (Phi) is 6.14. The molecule has 0 spiro atoms. The summed E-state index contributed by atoms with van der Waals surface area (Å²) in [5.74, 6) is -0.579. The van der Waals surface area contributed by atoms with Crippen molar-refractivity contribution in [3.8, 4) is 0 Å². The molecule has 0 saturated carbocycles. The van der Waals surface area contributed by atoms with E-state index in [-0.39, 0.29) is 22.9 Å². The summed E-state index contributed by atoms with van der Waals surface area (Å²) >= 11 is 11.9. The Bertz CT molecular complexity index is 820. The van der Waals surface area contributed by atoms with Gasteiger partial charge < -0.3 is 15.4 Å². The van der Waals surface area contributed by atoms with E-state index < -0.39 is 0 Å². The van der Waals surface area contributed by atoms with Crippen LogP contribution in [-0.2, 0) is 4.74 Å². The van der Waals surface area contributed by atoms with Crippen LogP contribution >= 0.6 is 23.2 Å². The Hall–Kier alpha value is -2.08. The Labute approximate surface area is 161 Å². The van der Waals surface area contributed by atoms with Gasteiger partial charge in [0.1, 0.15) is 0 Å². The van der Waals surface area contributed by atoms with Gasteiger partial charge in [-0.3, -0.25) is 9.59 Å². The van der Waals surface area contributed by atoms with Gasteiger partial charge in [0.05, 0.1) is 16.7 Å². The number of anilines is 1. The summed E-state index contributed by atoms with van der Waals surface area (Å²) in [5, 5.41) is 6.32. The third-order valence-corrected chi connectivity index (χ3v) is 4.62. The Morgan fingerprint density at radius 1 is 1.12 bits per heavy atom. The van der Waals surface area contributed by atoms with E-state index in [0.29, 0.717) is 28.4 Å². The van der Waals surface area contributed by atoms with Crippen molar-refractivity contribution in [2.75, 3.05) is 18.5 Å². The highest BCUT2D eigenvalue weighted by atomic mass is 35.5. The molecule has 1 fully saturated rings. The monoisotopic (exact) mass is 392 g/mol. The van der Waals surface area contributed by atoms with Gasteiger partial charge in [-0.05, 0) is 49.2 Å². The molecule has 0 bridgehead atoms. The van der Waals surface area contributed by atoms with Crippen molar-refractivity contribution in [2.24, 2.45) is 0 Å². The Morgan fingerprint density at radius 3 is 2.69 bits per heavy atom. The molecular formula is C19H18Cl2N2O3. The van der Waals surface area contributed by atoms with Crippen LogP contribution in [0.15, 0.2) is 42.5 Å². The predicted molar refractivity (Wildman–Crippen MR) is 102 cm³/mol. The lowest BCUT2D eigenvalue weighted by molar-refractivity contribution is 0.0857. The summed E-state index contributed by atoms with van der Waals surface area (Å²) in [6, 6.07) is 11.4. The molecule has 2 aromatic rings. The van der Waals surface area contributed by atoms with E-state index in [1.54, 1.807) is 36.4 Å². The summed E-state index contributed by atoms with van der Waals surface area (Å²) in [4.78, 5) is 24.7. The van der Waals surface area contributed by atoms with Crippen molar-refractivity contribution in [2.45, 2.75) is 18.9 Å². The van der Waals surface area contributed by atoms with E-state index >= 15 is 0 Å². The molecule has 1 aliphatic heterocycles. The van der Waals surface area contributed by atoms with E-state index in [4.69, 9.17) is 27.9 Å². The van der Waals surface area contributed by atoms with Gasteiger partial charge in [-0.1, -0.05) is 29.3 Å². The zero-order valence-electron chi connectivity index (χ0n) is 13.9. The minimum atomic E-state index is -0.372. The van der Waals surface area contributed by atoms with Gasteiger partial charge in [0.25, 0.3) is 11.8 Å². The van der Waals surface area contributed by atoms with Crippen LogP contribution < -0.4 is 10.6 Å². The van der Waals surface area contributed by atoms with Crippen LogP contribution in [0.4, 0.5) is 5.69 Å². The molecule has 1 heterocycles. The lowest BCUT2D eigenvalue weighted by Crippen LogP contribution is -2.31. The highest BCUT2D eigenvalue weighted by Gasteiger charge is 2.17. The molecule has 0 aromatic heterocycles. The van der Waals surface area contributed by atoms with Crippen LogP contribution in [0.5, 0.6) is 0 Å². The second kappa shape index (κ2) is 8.54. The molecule has 1 aliphatic rings. The van der Waals surface area contributed by atoms with Crippen LogP contribution in [0.2, 0.25) is 10.0 Å². The zero-order chi connectivity index (χ0) is 18.5. The number of carbonyl (C=O) groups is 2. The molecule has 2 N–H and O–H groups in total. The second-order valence-corrected chi connectivity index (χ2v) is 6.85. The van der Waals surface area contributed by atoms with Crippen molar-refractivity contribution in [1.29, 1.82) is 0 Å². The second-order valence-electron chi connectivity index (χ2n) is 6.00. The molecule has 0 aliphatic carbocycles. The average Bonchev–Trinajstić information content (AvgIpc) is 3.13. The van der Waals surface area contributed by atoms with Gasteiger partial charge in [0.15, 0.2) is 0 Å². The van der Waals surface area contributed by atoms with Crippen molar-refractivity contribution in [3.63, 3.8) is 0 Å². The maximum Gasteiger partial charge on any atom is 0.257 e. The van der Waals surface area contributed by atoms with Crippen LogP contribution in [0.25, 0.3) is 0 Å². The van der Waals surface area contributed by atoms with E-state index in [2.05, 4.69) is 10.6 Å². The summed E-state index contributed by atoms with van der Waals surface area (Å²) in [6.45, 7) is 1.23. The molecular weight excluding hydrogens is 375 g/mol. The summed E-state index contributed by atoms with van der Waals surface area (Å²) in [6.07, 6.45) is 2.06. The smallest absolute Gasteiger partial charge is 0.257 e. The number of amides is 2. The van der Waals surface area contributed by atoms with Crippen molar-refractivity contribution >= 4 is 40.7 Å². The minimum absolute atomic E-state index is 0.0777. The number of hydrogen-bond donors (Lipinski definition) is 2. The van der Waals surface area contributed by atoms with Crippen LogP contribution in [0.1, 0.15) is 33.6 Å². The quantitative estimate of drug-likeness (QED) is 0.802. The van der Waals surface area contributed by atoms with E-state index in [9.17, 15) is 9.59 Å². The average molecular weight is 393 g/mol. The SMILES string of the molecule is O=C(NC[C@H]1CCCO1)c1cccc(NC(=O)c2ccc(Cl)cc2Cl)c1. The molecule has 1 atom stereocenters. The number of nitrogens with one attached hydrogen (secondary N) is 2. The molecule has 2 amide bonds. The fraction of sp³-hybridized carbons (Fsp3) is 0.263. The normalized spacial score (nSPS) is 16.3. The van der Waals surface area contributed by atoms with Gasteiger partial charge in [-0.2, -0.15) is 0 Å². The largest absolute Gasteiger partial charge is 0.376 e. The van der Waals surface area contributed by atoms with E-state index in [1.807, 2.05) is 0 Å². The summed E-state index contributed by atoms with van der Waals surface area (Å²) < 4.78 is 5.49. The summed E-state index contributed by atoms with van der Waals surface area (Å²) in [7, 11) is 0. The molecule has 7 heteroatoms. The molecule has 3 rings (SSSR count). The first kappa shape index (κ1) is 18.7. The molecule has 2 aromatic carbocycles. The van der Waals surface area contributed by atoms with Crippen LogP contribution in [0.3, 0.4) is 0 Å². The highest BCUT2D eigenvalue weighted by Crippen LogP contribution is 2.22. The Balaban J connectivity index is 1.64. The summed E-state index contributed by atoms with van der Waals surface area (Å²) in [5.41, 5.74) is 1.28. The maximum absolute atomic E-state index is 12.4. The third-order valence-electron chi connectivity index (χ3n) is 4.07. The van der Waals surface area contributed by atoms with E-state index in [1.165, 1.54) is 6.07 Å². The predicted octanol–water partition coefficient (Wildman–Crippen LogP) is 4.15. The number of carbonyl (C=O) groups excluding carboxylic acids is 2. The van der Waals surface area contributed by atoms with Gasteiger partial charge in [-0.25, -0.2) is 0 Å². The number of halogens is 2. The standard InChI is InChI=1S/C19H18Cl2N2O3/c20-13-6-7-16(17(21)10-13)19(25)23-14-4-1-3-12(9-14)18(24)22-11-15-5-2-8-26-15/h1,3-4,6-7,9-10,15H,2,5,8,11H2,(H,22,24)(H,23,25)/t15-/m1/s1. The first-order valence-electron chi connectivity index (χ1n) is 8.29. The molecule has 0 radical (unpaired) electrons. The molecule has 5 nitrogen and oxygen atoms in total. The fourth-order valence-electron chi connectivity index (χ4n) is 2.72. The van der Waals surface area contributed by atoms with Crippen molar-refractivity contribution < 1.29 is 14.3 Å². The molecule has 136 valence electrons. The van der Waals surface area contributed by atoms with Gasteiger partial charge in [-0.15, -0.1) is 0 Å². The number of rotatable bonds is 5. The third kappa shape index (κ3) is 4.75. The van der Waals surface area contributed by atoms with Crippen LogP contribution in [-0.4, -0.2) is 31.1 Å². The maximum atomic E-state index is 12.4. The van der Waals surface area contributed by atoms with Crippen LogP contribution in [0, 0.1) is 0 Å². The van der Waals surface area contributed by atoms with E-state index in [0.717, 1.165) is 19.4 Å². The zero-order valence-corrected chi connectivity index (χ0v) is 15.4. The number of benzene rings is 2. The lowest BCUT2D eigenvalue weighted by Gasteiger charge is -2.12. The van der Waals surface area contributed by atoms with Gasteiger partial charge in [0.2, 0.25) is 0 Å². The fourth-order valence-corrected chi connectivity index (χ4v) is 3.22. The number of hydrogen-bond acceptors (Lipinski definition) is 3. The van der Waals surface area contributed by atoms with Gasteiger partial charge >= 0.3 is 0 Å². The van der Waals surface area contributed by atoms with Crippen molar-refractivity contribution in [3.05, 3.63) is 63.6 Å². The molecule has 26 heavy (non-hydrogen) atoms. The topological polar surface area (TPSA) is 67.4 Å². The van der Waals surface area contributed by atoms with Crippen molar-refractivity contribution in [1.82, 2.24) is 5.32 Å². The lowest BCUT2D eigenvalue weighted by atomic mass is 10.1. The van der Waals surface area contributed by atoms with Gasteiger partial charge in [0, 0.05) is 29.4 Å². The molecule has 1 saturated heterocycles. The minimum Gasteiger partial charge on any atom is -0.376 e. The highest BCUT2D eigenvalue weighted by molar-refractivity contribution is 6.37. The Morgan fingerprint density at radius 2 is 1.96 bits per heavy atom. The first-order valence-corrected chi connectivity index (χ1v) is 9.05. The first-order chi connectivity index (χ1) is 12.5. The molecule has 0 unspecified atom stereocenters. The number of ether oxygens (including phenoxy) is 1.